The SMILES string of the molecule is CS(=O)(=O)N(OC(=O)C(F)(F)F)C(=O)c1cc(C2CC2)c(CN2CCC(OCc3ccc(F)cc3Cl)CC2)cc1F. The average molecular weight is 625 g/mol. The second-order valence-corrected chi connectivity index (χ2v) is 12.2. The van der Waals surface area contributed by atoms with E-state index in [1.807, 2.05) is 0 Å². The smallest absolute Gasteiger partial charge is 0.373 e. The van der Waals surface area contributed by atoms with Crippen LogP contribution in [0.2, 0.25) is 5.02 Å². The molecule has 0 radical (unpaired) electrons. The number of carbonyl (C=O) groups excluding carboxylic acids is 2. The van der Waals surface area contributed by atoms with Gasteiger partial charge >= 0.3 is 18.1 Å². The molecule has 224 valence electrons. The van der Waals surface area contributed by atoms with Gasteiger partial charge in [0.2, 0.25) is 0 Å². The van der Waals surface area contributed by atoms with Crippen LogP contribution in [-0.2, 0) is 37.5 Å². The Bertz CT molecular complexity index is 1430. The fraction of sp³-hybridized carbons (Fsp3) is 0.462. The van der Waals surface area contributed by atoms with Crippen molar-refractivity contribution in [1.29, 1.82) is 0 Å². The van der Waals surface area contributed by atoms with Gasteiger partial charge in [0.05, 0.1) is 24.5 Å². The number of carbonyl (C=O) groups is 2. The molecule has 0 aromatic heterocycles. The zero-order chi connectivity index (χ0) is 30.1. The Morgan fingerprint density at radius 2 is 1.71 bits per heavy atom. The molecule has 2 fully saturated rings. The lowest BCUT2D eigenvalue weighted by Gasteiger charge is -2.32. The molecule has 1 amide bonds. The number of hydroxylamine groups is 1. The maximum absolute atomic E-state index is 15.1. The minimum absolute atomic E-state index is 0.0390. The second kappa shape index (κ2) is 12.2. The van der Waals surface area contributed by atoms with Crippen LogP contribution in [0.3, 0.4) is 0 Å². The maximum atomic E-state index is 15.1. The van der Waals surface area contributed by atoms with Crippen molar-refractivity contribution in [2.45, 2.75) is 57.0 Å². The number of ether oxygens (including phenoxy) is 1. The van der Waals surface area contributed by atoms with E-state index in [-0.39, 0.29) is 23.7 Å². The van der Waals surface area contributed by atoms with Gasteiger partial charge in [-0.2, -0.15) is 13.2 Å². The second-order valence-electron chi connectivity index (χ2n) is 10.00. The zero-order valence-corrected chi connectivity index (χ0v) is 23.3. The largest absolute Gasteiger partial charge is 0.493 e. The highest BCUT2D eigenvalue weighted by molar-refractivity contribution is 7.88. The minimum atomic E-state index is -5.59. The Balaban J connectivity index is 1.44. The number of sulfonamides is 1. The summed E-state index contributed by atoms with van der Waals surface area (Å²) in [7, 11) is -4.84. The number of hydrogen-bond acceptors (Lipinski definition) is 7. The third kappa shape index (κ3) is 7.93. The fourth-order valence-corrected chi connectivity index (χ4v) is 5.34. The van der Waals surface area contributed by atoms with Crippen molar-refractivity contribution >= 4 is 33.5 Å². The number of nitrogens with zero attached hydrogens (tertiary/aromatic N) is 2. The van der Waals surface area contributed by atoms with Gasteiger partial charge in [-0.25, -0.2) is 22.0 Å². The van der Waals surface area contributed by atoms with Crippen LogP contribution in [0.4, 0.5) is 22.0 Å². The highest BCUT2D eigenvalue weighted by atomic mass is 35.5. The molecule has 1 saturated heterocycles. The van der Waals surface area contributed by atoms with E-state index in [2.05, 4.69) is 9.74 Å². The number of rotatable bonds is 8. The van der Waals surface area contributed by atoms with Crippen molar-refractivity contribution in [3.8, 4) is 0 Å². The average Bonchev–Trinajstić information content (AvgIpc) is 3.71. The number of benzene rings is 2. The molecular weight excluding hydrogens is 599 g/mol. The van der Waals surface area contributed by atoms with E-state index in [4.69, 9.17) is 16.3 Å². The van der Waals surface area contributed by atoms with Gasteiger partial charge in [0.15, 0.2) is 0 Å². The zero-order valence-electron chi connectivity index (χ0n) is 21.7. The maximum Gasteiger partial charge on any atom is 0.493 e. The molecular formula is C26H26ClF5N2O6S. The van der Waals surface area contributed by atoms with Gasteiger partial charge in [-0.05, 0) is 72.6 Å². The number of halogens is 6. The lowest BCUT2D eigenvalue weighted by molar-refractivity contribution is -0.216. The Kier molecular flexibility index (Phi) is 9.26. The molecule has 2 aromatic rings. The van der Waals surface area contributed by atoms with E-state index in [0.717, 1.165) is 25.0 Å². The molecule has 2 aromatic carbocycles. The summed E-state index contributed by atoms with van der Waals surface area (Å²) in [5, 5.41) is 0.275. The van der Waals surface area contributed by atoms with E-state index in [9.17, 15) is 35.6 Å². The van der Waals surface area contributed by atoms with Gasteiger partial charge < -0.3 is 9.57 Å². The van der Waals surface area contributed by atoms with Crippen LogP contribution in [0.25, 0.3) is 0 Å². The molecule has 4 rings (SSSR count). The van der Waals surface area contributed by atoms with Crippen LogP contribution < -0.4 is 0 Å². The third-order valence-corrected chi connectivity index (χ3v) is 7.95. The molecule has 0 N–H and O–H groups in total. The van der Waals surface area contributed by atoms with Gasteiger partial charge in [0.25, 0.3) is 10.0 Å². The third-order valence-electron chi connectivity index (χ3n) is 6.76. The summed E-state index contributed by atoms with van der Waals surface area (Å²) in [6.07, 6.45) is -2.54. The summed E-state index contributed by atoms with van der Waals surface area (Å²) < 4.78 is 95.5. The molecule has 0 spiro atoms. The summed E-state index contributed by atoms with van der Waals surface area (Å²) in [4.78, 5) is 29.9. The summed E-state index contributed by atoms with van der Waals surface area (Å²) in [6.45, 7) is 1.73. The van der Waals surface area contributed by atoms with E-state index in [1.54, 1.807) is 6.07 Å². The van der Waals surface area contributed by atoms with Gasteiger partial charge in [-0.15, -0.1) is 0 Å². The molecule has 2 aliphatic rings. The fourth-order valence-electron chi connectivity index (χ4n) is 4.51. The molecule has 8 nitrogen and oxygen atoms in total. The molecule has 1 aliphatic carbocycles. The Morgan fingerprint density at radius 3 is 2.27 bits per heavy atom. The topological polar surface area (TPSA) is 93.2 Å². The Labute approximate surface area is 238 Å². The Morgan fingerprint density at radius 1 is 1.05 bits per heavy atom. The number of likely N-dealkylation sites (tertiary alicyclic amines) is 1. The van der Waals surface area contributed by atoms with Crippen molar-refractivity contribution in [3.05, 3.63) is 69.2 Å². The summed E-state index contributed by atoms with van der Waals surface area (Å²) in [5.74, 6) is -6.34. The van der Waals surface area contributed by atoms with Crippen molar-refractivity contribution in [3.63, 3.8) is 0 Å². The molecule has 0 atom stereocenters. The van der Waals surface area contributed by atoms with Crippen LogP contribution in [0.15, 0.2) is 30.3 Å². The standard InChI is InChI=1S/C26H26ClF5N2O6S/c1-41(37,38)34(40-25(36)26(30,31)32)24(35)21-12-20(15-2-3-15)17(10-23(21)29)13-33-8-6-19(7-9-33)39-14-16-4-5-18(28)11-22(16)27/h4-5,10-12,15,19H,2-3,6-9,13-14H2,1H3. The first-order valence-corrected chi connectivity index (χ1v) is 14.8. The van der Waals surface area contributed by atoms with Crippen molar-refractivity contribution in [2.75, 3.05) is 19.3 Å². The lowest BCUT2D eigenvalue weighted by Crippen LogP contribution is -2.42. The number of amides is 1. The first-order valence-electron chi connectivity index (χ1n) is 12.6. The van der Waals surface area contributed by atoms with E-state index in [0.29, 0.717) is 55.4 Å². The molecule has 41 heavy (non-hydrogen) atoms. The van der Waals surface area contributed by atoms with E-state index in [1.165, 1.54) is 12.1 Å². The minimum Gasteiger partial charge on any atom is -0.373 e. The van der Waals surface area contributed by atoms with Crippen LogP contribution in [0, 0.1) is 11.6 Å². The molecule has 0 unspecified atom stereocenters. The lowest BCUT2D eigenvalue weighted by atomic mass is 9.97. The normalized spacial score (nSPS) is 17.0. The Hall–Kier alpha value is -2.81. The number of hydrogen-bond donors (Lipinski definition) is 0. The van der Waals surface area contributed by atoms with Crippen molar-refractivity contribution in [1.82, 2.24) is 9.37 Å². The van der Waals surface area contributed by atoms with Gasteiger partial charge in [-0.3, -0.25) is 9.69 Å². The highest BCUT2D eigenvalue weighted by Gasteiger charge is 2.45. The van der Waals surface area contributed by atoms with Gasteiger partial charge in [0.1, 0.15) is 11.6 Å². The van der Waals surface area contributed by atoms with Crippen LogP contribution in [0.5, 0.6) is 0 Å². The van der Waals surface area contributed by atoms with Crippen molar-refractivity contribution < 1.29 is 49.5 Å². The molecule has 1 aliphatic heterocycles. The first-order chi connectivity index (χ1) is 19.1. The van der Waals surface area contributed by atoms with Crippen LogP contribution in [-0.4, -0.2) is 61.3 Å². The summed E-state index contributed by atoms with van der Waals surface area (Å²) in [5.41, 5.74) is 0.951. The van der Waals surface area contributed by atoms with Gasteiger partial charge in [0, 0.05) is 24.7 Å². The monoisotopic (exact) mass is 624 g/mol. The number of piperidine rings is 1. The summed E-state index contributed by atoms with van der Waals surface area (Å²) >= 11 is 6.05. The first kappa shape index (κ1) is 31.1. The molecule has 1 saturated carbocycles. The summed E-state index contributed by atoms with van der Waals surface area (Å²) in [6, 6.07) is 6.26. The van der Waals surface area contributed by atoms with E-state index < -0.39 is 49.7 Å². The predicted molar refractivity (Wildman–Crippen MR) is 136 cm³/mol. The van der Waals surface area contributed by atoms with Crippen LogP contribution >= 0.6 is 11.6 Å². The predicted octanol–water partition coefficient (Wildman–Crippen LogP) is 5.10. The van der Waals surface area contributed by atoms with Gasteiger partial charge in [-0.1, -0.05) is 22.1 Å². The quantitative estimate of drug-likeness (QED) is 0.298. The molecule has 0 bridgehead atoms. The molecule has 1 heterocycles. The van der Waals surface area contributed by atoms with Crippen LogP contribution in [0.1, 0.15) is 58.6 Å². The highest BCUT2D eigenvalue weighted by Crippen LogP contribution is 2.43. The van der Waals surface area contributed by atoms with E-state index >= 15 is 4.39 Å². The number of alkyl halides is 3. The molecule has 15 heteroatoms. The van der Waals surface area contributed by atoms with Crippen molar-refractivity contribution in [2.24, 2.45) is 0 Å².